The maximum atomic E-state index is 12.7. The molecular weight excluding hydrogens is 212 g/mol. The summed E-state index contributed by atoms with van der Waals surface area (Å²) in [4.78, 5) is 2.23. The maximum Gasteiger partial charge on any atom is 0.242 e. The second kappa shape index (κ2) is 4.57. The molecule has 2 fully saturated rings. The van der Waals surface area contributed by atoms with Crippen LogP contribution in [0.25, 0.3) is 0 Å². The Kier molecular flexibility index (Phi) is 3.50. The topological polar surface area (TPSA) is 12.5 Å². The van der Waals surface area contributed by atoms with E-state index in [0.29, 0.717) is 19.6 Å². The lowest BCUT2D eigenvalue weighted by molar-refractivity contribution is 0.00193. The Morgan fingerprint density at radius 3 is 2.81 bits per heavy atom. The van der Waals surface area contributed by atoms with Crippen molar-refractivity contribution >= 4 is 0 Å². The van der Waals surface area contributed by atoms with Gasteiger partial charge in [0, 0.05) is 18.0 Å². The first-order valence-corrected chi connectivity index (χ1v) is 6.18. The van der Waals surface area contributed by atoms with Gasteiger partial charge in [0.25, 0.3) is 0 Å². The summed E-state index contributed by atoms with van der Waals surface area (Å²) in [6.07, 6.45) is 0.751. The van der Waals surface area contributed by atoms with Gasteiger partial charge in [-0.2, -0.15) is 0 Å². The van der Waals surface area contributed by atoms with Gasteiger partial charge in [-0.3, -0.25) is 4.90 Å². The Hall–Kier alpha value is -0.220. The second-order valence-electron chi connectivity index (χ2n) is 5.43. The van der Waals surface area contributed by atoms with E-state index in [1.165, 1.54) is 0 Å². The van der Waals surface area contributed by atoms with Crippen LogP contribution < -0.4 is 0 Å². The van der Waals surface area contributed by atoms with Crippen LogP contribution >= 0.6 is 0 Å². The Morgan fingerprint density at radius 2 is 2.19 bits per heavy atom. The minimum atomic E-state index is -2.18. The van der Waals surface area contributed by atoms with Crippen molar-refractivity contribution in [1.29, 1.82) is 0 Å². The molecule has 0 bridgehead atoms. The van der Waals surface area contributed by atoms with Crippen LogP contribution in [0.15, 0.2) is 0 Å². The molecule has 2 saturated heterocycles. The summed E-state index contributed by atoms with van der Waals surface area (Å²) in [5, 5.41) is 0. The predicted molar refractivity (Wildman–Crippen MR) is 58.7 cm³/mol. The zero-order chi connectivity index (χ0) is 11.8. The van der Waals surface area contributed by atoms with E-state index >= 15 is 0 Å². The van der Waals surface area contributed by atoms with Crippen molar-refractivity contribution in [3.05, 3.63) is 0 Å². The molecule has 4 heteroatoms. The minimum Gasteiger partial charge on any atom is -0.377 e. The number of halogens is 2. The van der Waals surface area contributed by atoms with Gasteiger partial charge in [-0.1, -0.05) is 0 Å². The van der Waals surface area contributed by atoms with Crippen molar-refractivity contribution in [2.75, 3.05) is 19.7 Å². The third-order valence-electron chi connectivity index (χ3n) is 3.88. The number of nitrogens with zero attached hydrogens (tertiary/aromatic N) is 1. The average Bonchev–Trinajstić information content (AvgIpc) is 2.70. The highest BCUT2D eigenvalue weighted by Crippen LogP contribution is 2.43. The fourth-order valence-electron chi connectivity index (χ4n) is 3.06. The highest BCUT2D eigenvalue weighted by Gasteiger charge is 2.50. The third kappa shape index (κ3) is 2.23. The molecule has 2 nitrogen and oxygen atoms in total. The fraction of sp³-hybridized carbons (Fsp3) is 1.00. The molecule has 0 aromatic heterocycles. The normalized spacial score (nSPS) is 35.2. The van der Waals surface area contributed by atoms with Crippen LogP contribution in [0.5, 0.6) is 0 Å². The molecule has 0 aromatic rings. The summed E-state index contributed by atoms with van der Waals surface area (Å²) in [7, 11) is 0. The van der Waals surface area contributed by atoms with Crippen LogP contribution in [0.2, 0.25) is 0 Å². The molecule has 2 heterocycles. The Morgan fingerprint density at radius 1 is 1.44 bits per heavy atom. The molecule has 94 valence electrons. The maximum absolute atomic E-state index is 12.7. The molecule has 0 spiro atoms. The van der Waals surface area contributed by atoms with Crippen LogP contribution in [0.3, 0.4) is 0 Å². The molecule has 2 aliphatic heterocycles. The average molecular weight is 233 g/mol. The molecule has 2 atom stereocenters. The Bertz CT molecular complexity index is 247. The molecule has 0 aromatic carbocycles. The molecule has 0 amide bonds. The first-order chi connectivity index (χ1) is 7.53. The molecule has 0 N–H and O–H groups in total. The van der Waals surface area contributed by atoms with Gasteiger partial charge in [0.2, 0.25) is 6.43 Å². The standard InChI is InChI=1S/C12H21F2NO/c1-9(2)16-8-12-4-3-5-15(12)7-10(6-12)11(13)14/h9-11H,3-8H2,1-2H3/t10-,12-/m0/s1. The molecule has 0 unspecified atom stereocenters. The summed E-state index contributed by atoms with van der Waals surface area (Å²) >= 11 is 0. The first kappa shape index (κ1) is 12.2. The lowest BCUT2D eigenvalue weighted by atomic mass is 9.91. The molecule has 0 saturated carbocycles. The van der Waals surface area contributed by atoms with Crippen molar-refractivity contribution in [3.8, 4) is 0 Å². The molecular formula is C12H21F2NO. The number of alkyl halides is 2. The number of hydrogen-bond donors (Lipinski definition) is 0. The highest BCUT2D eigenvalue weighted by atomic mass is 19.3. The van der Waals surface area contributed by atoms with Gasteiger partial charge in [0.15, 0.2) is 0 Å². The summed E-state index contributed by atoms with van der Waals surface area (Å²) in [6.45, 7) is 6.13. The monoisotopic (exact) mass is 233 g/mol. The van der Waals surface area contributed by atoms with Crippen molar-refractivity contribution in [2.24, 2.45) is 5.92 Å². The molecule has 16 heavy (non-hydrogen) atoms. The highest BCUT2D eigenvalue weighted by molar-refractivity contribution is 5.03. The SMILES string of the molecule is CC(C)OC[C@@]12CCCN1C[C@@H](C(F)F)C2. The molecule has 0 radical (unpaired) electrons. The van der Waals surface area contributed by atoms with Crippen LogP contribution in [0.4, 0.5) is 8.78 Å². The molecule has 2 aliphatic rings. The van der Waals surface area contributed by atoms with Gasteiger partial charge in [0.1, 0.15) is 0 Å². The fourth-order valence-corrected chi connectivity index (χ4v) is 3.06. The van der Waals surface area contributed by atoms with Gasteiger partial charge in [0.05, 0.1) is 12.7 Å². The predicted octanol–water partition coefficient (Wildman–Crippen LogP) is 2.53. The third-order valence-corrected chi connectivity index (χ3v) is 3.88. The Balaban J connectivity index is 2.00. The summed E-state index contributed by atoms with van der Waals surface area (Å²) in [5.41, 5.74) is -0.0780. The number of ether oxygens (including phenoxy) is 1. The molecule has 2 rings (SSSR count). The lowest BCUT2D eigenvalue weighted by Crippen LogP contribution is -2.43. The summed E-state index contributed by atoms with van der Waals surface area (Å²) in [6, 6.07) is 0. The van der Waals surface area contributed by atoms with E-state index in [0.717, 1.165) is 19.4 Å². The van der Waals surface area contributed by atoms with Crippen molar-refractivity contribution in [1.82, 2.24) is 4.90 Å². The Labute approximate surface area is 95.9 Å². The first-order valence-electron chi connectivity index (χ1n) is 6.18. The number of fused-ring (bicyclic) bond motifs is 1. The zero-order valence-corrected chi connectivity index (χ0v) is 10.1. The van der Waals surface area contributed by atoms with E-state index in [-0.39, 0.29) is 11.6 Å². The van der Waals surface area contributed by atoms with Crippen molar-refractivity contribution in [2.45, 2.75) is 51.2 Å². The van der Waals surface area contributed by atoms with E-state index in [1.54, 1.807) is 0 Å². The van der Waals surface area contributed by atoms with Crippen molar-refractivity contribution < 1.29 is 13.5 Å². The molecule has 0 aliphatic carbocycles. The van der Waals surface area contributed by atoms with E-state index in [4.69, 9.17) is 4.74 Å². The van der Waals surface area contributed by atoms with E-state index in [1.807, 2.05) is 13.8 Å². The number of hydrogen-bond acceptors (Lipinski definition) is 2. The van der Waals surface area contributed by atoms with Crippen LogP contribution in [0, 0.1) is 5.92 Å². The van der Waals surface area contributed by atoms with E-state index in [2.05, 4.69) is 4.90 Å². The van der Waals surface area contributed by atoms with Crippen LogP contribution in [-0.2, 0) is 4.74 Å². The van der Waals surface area contributed by atoms with Crippen molar-refractivity contribution in [3.63, 3.8) is 0 Å². The van der Waals surface area contributed by atoms with Gasteiger partial charge in [-0.15, -0.1) is 0 Å². The lowest BCUT2D eigenvalue weighted by Gasteiger charge is -2.32. The van der Waals surface area contributed by atoms with Crippen LogP contribution in [0.1, 0.15) is 33.1 Å². The van der Waals surface area contributed by atoms with E-state index < -0.39 is 12.3 Å². The minimum absolute atomic E-state index is 0.0780. The van der Waals surface area contributed by atoms with Gasteiger partial charge in [-0.05, 0) is 39.7 Å². The largest absolute Gasteiger partial charge is 0.377 e. The van der Waals surface area contributed by atoms with Gasteiger partial charge in [-0.25, -0.2) is 8.78 Å². The smallest absolute Gasteiger partial charge is 0.242 e. The van der Waals surface area contributed by atoms with Gasteiger partial charge < -0.3 is 4.74 Å². The number of rotatable bonds is 4. The summed E-state index contributed by atoms with van der Waals surface area (Å²) < 4.78 is 31.2. The van der Waals surface area contributed by atoms with Crippen LogP contribution in [-0.4, -0.2) is 42.7 Å². The second-order valence-corrected chi connectivity index (χ2v) is 5.43. The quantitative estimate of drug-likeness (QED) is 0.740. The summed E-state index contributed by atoms with van der Waals surface area (Å²) in [5.74, 6) is -0.448. The zero-order valence-electron chi connectivity index (χ0n) is 10.1. The van der Waals surface area contributed by atoms with E-state index in [9.17, 15) is 8.78 Å². The van der Waals surface area contributed by atoms with Gasteiger partial charge >= 0.3 is 0 Å².